The molecule has 0 aromatic heterocycles. The summed E-state index contributed by atoms with van der Waals surface area (Å²) < 4.78 is 1.03. The second-order valence-corrected chi connectivity index (χ2v) is 6.40. The molecule has 1 unspecified atom stereocenters. The van der Waals surface area contributed by atoms with Crippen LogP contribution in [0.15, 0.2) is 22.7 Å². The summed E-state index contributed by atoms with van der Waals surface area (Å²) in [5, 5.41) is 3.11. The van der Waals surface area contributed by atoms with Crippen molar-refractivity contribution in [2.45, 2.75) is 26.8 Å². The summed E-state index contributed by atoms with van der Waals surface area (Å²) in [7, 11) is 4.04. The number of likely N-dealkylation sites (N-methyl/N-ethyl adjacent to an activating group) is 1. The normalized spacial score (nSPS) is 12.8. The van der Waals surface area contributed by atoms with E-state index in [1.54, 1.807) is 0 Å². The minimum Gasteiger partial charge on any atom is -0.348 e. The summed E-state index contributed by atoms with van der Waals surface area (Å²) in [6.45, 7) is 7.09. The molecule has 0 spiro atoms. The molecule has 0 heterocycles. The Morgan fingerprint density at radius 1 is 1.37 bits per heavy atom. The van der Waals surface area contributed by atoms with E-state index in [-0.39, 0.29) is 11.9 Å². The van der Waals surface area contributed by atoms with Crippen molar-refractivity contribution >= 4 is 21.8 Å². The number of hydrogen-bond acceptors (Lipinski definition) is 2. The molecule has 3 nitrogen and oxygen atoms in total. The van der Waals surface area contributed by atoms with Crippen LogP contribution in [-0.4, -0.2) is 37.5 Å². The first-order valence-electron chi connectivity index (χ1n) is 6.53. The van der Waals surface area contributed by atoms with E-state index in [9.17, 15) is 4.79 Å². The third-order valence-corrected chi connectivity index (χ3v) is 3.99. The molecule has 1 rings (SSSR count). The third-order valence-electron chi connectivity index (χ3n) is 3.10. The van der Waals surface area contributed by atoms with Crippen LogP contribution in [-0.2, 0) is 0 Å². The van der Waals surface area contributed by atoms with Crippen LogP contribution >= 0.6 is 15.9 Å². The highest BCUT2D eigenvalue weighted by molar-refractivity contribution is 9.10. The average Bonchev–Trinajstić information content (AvgIpc) is 2.31. The van der Waals surface area contributed by atoms with E-state index in [0.717, 1.165) is 16.6 Å². The monoisotopic (exact) mass is 326 g/mol. The molecule has 0 aliphatic heterocycles. The van der Waals surface area contributed by atoms with Crippen molar-refractivity contribution in [3.05, 3.63) is 33.8 Å². The summed E-state index contributed by atoms with van der Waals surface area (Å²) in [5.41, 5.74) is 1.78. The Labute approximate surface area is 124 Å². The molecule has 19 heavy (non-hydrogen) atoms. The van der Waals surface area contributed by atoms with Crippen molar-refractivity contribution in [1.29, 1.82) is 0 Å². The van der Waals surface area contributed by atoms with Crippen molar-refractivity contribution in [3.63, 3.8) is 0 Å². The van der Waals surface area contributed by atoms with Gasteiger partial charge in [-0.15, -0.1) is 0 Å². The van der Waals surface area contributed by atoms with Gasteiger partial charge < -0.3 is 10.2 Å². The van der Waals surface area contributed by atoms with Gasteiger partial charge in [-0.25, -0.2) is 0 Å². The molecule has 106 valence electrons. The zero-order valence-corrected chi connectivity index (χ0v) is 13.9. The van der Waals surface area contributed by atoms with Crippen LogP contribution in [0.5, 0.6) is 0 Å². The van der Waals surface area contributed by atoms with Gasteiger partial charge in [0, 0.05) is 22.6 Å². The molecule has 1 aromatic carbocycles. The SMILES string of the molecule is Cc1cc(C(=O)NC(CN(C)C)C(C)C)ccc1Br. The molecule has 0 saturated carbocycles. The Bertz CT molecular complexity index is 444. The van der Waals surface area contributed by atoms with Gasteiger partial charge in [-0.1, -0.05) is 29.8 Å². The number of halogens is 1. The predicted molar refractivity (Wildman–Crippen MR) is 83.5 cm³/mol. The molecule has 0 aliphatic rings. The lowest BCUT2D eigenvalue weighted by Gasteiger charge is -2.25. The Morgan fingerprint density at radius 2 is 2.00 bits per heavy atom. The number of nitrogens with zero attached hydrogens (tertiary/aromatic N) is 1. The van der Waals surface area contributed by atoms with E-state index in [4.69, 9.17) is 0 Å². The predicted octanol–water partition coefficient (Wildman–Crippen LogP) is 3.07. The lowest BCUT2D eigenvalue weighted by molar-refractivity contribution is 0.0916. The first-order valence-corrected chi connectivity index (χ1v) is 7.32. The number of aryl methyl sites for hydroxylation is 1. The van der Waals surface area contributed by atoms with Crippen LogP contribution in [0.1, 0.15) is 29.8 Å². The Morgan fingerprint density at radius 3 is 2.47 bits per heavy atom. The molecule has 1 aromatic rings. The quantitative estimate of drug-likeness (QED) is 0.901. The van der Waals surface area contributed by atoms with Crippen LogP contribution in [0.4, 0.5) is 0 Å². The number of carbonyl (C=O) groups is 1. The summed E-state index contributed by atoms with van der Waals surface area (Å²) in [6, 6.07) is 5.83. The maximum atomic E-state index is 12.3. The highest BCUT2D eigenvalue weighted by Gasteiger charge is 2.18. The van der Waals surface area contributed by atoms with Crippen LogP contribution in [0, 0.1) is 12.8 Å². The molecule has 0 aliphatic carbocycles. The molecule has 1 atom stereocenters. The van der Waals surface area contributed by atoms with Crippen molar-refractivity contribution in [1.82, 2.24) is 10.2 Å². The van der Waals surface area contributed by atoms with E-state index in [2.05, 4.69) is 40.0 Å². The van der Waals surface area contributed by atoms with Crippen LogP contribution < -0.4 is 5.32 Å². The summed E-state index contributed by atoms with van der Waals surface area (Å²) in [6.07, 6.45) is 0. The number of nitrogens with one attached hydrogen (secondary N) is 1. The average molecular weight is 327 g/mol. The zero-order chi connectivity index (χ0) is 14.6. The summed E-state index contributed by atoms with van der Waals surface area (Å²) in [5.74, 6) is 0.402. The molecule has 1 N–H and O–H groups in total. The van der Waals surface area contributed by atoms with Gasteiger partial charge in [0.05, 0.1) is 0 Å². The van der Waals surface area contributed by atoms with Crippen molar-refractivity contribution in [2.75, 3.05) is 20.6 Å². The Balaban J connectivity index is 2.78. The van der Waals surface area contributed by atoms with Crippen LogP contribution in [0.3, 0.4) is 0 Å². The van der Waals surface area contributed by atoms with Crippen molar-refractivity contribution in [3.8, 4) is 0 Å². The largest absolute Gasteiger partial charge is 0.348 e. The number of benzene rings is 1. The van der Waals surface area contributed by atoms with Gasteiger partial charge in [-0.3, -0.25) is 4.79 Å². The fourth-order valence-electron chi connectivity index (χ4n) is 1.85. The molecule has 0 bridgehead atoms. The van der Waals surface area contributed by atoms with E-state index in [1.165, 1.54) is 0 Å². The first-order chi connectivity index (χ1) is 8.81. The molecule has 0 radical (unpaired) electrons. The third kappa shape index (κ3) is 4.96. The second kappa shape index (κ2) is 7.06. The minimum atomic E-state index is -0.00356. The van der Waals surface area contributed by atoms with E-state index in [0.29, 0.717) is 11.5 Å². The maximum absolute atomic E-state index is 12.3. The van der Waals surface area contributed by atoms with Crippen molar-refractivity contribution in [2.24, 2.45) is 5.92 Å². The lowest BCUT2D eigenvalue weighted by Crippen LogP contribution is -2.45. The molecular formula is C15H23BrN2O. The zero-order valence-electron chi connectivity index (χ0n) is 12.3. The highest BCUT2D eigenvalue weighted by Crippen LogP contribution is 2.17. The van der Waals surface area contributed by atoms with Gasteiger partial charge >= 0.3 is 0 Å². The summed E-state index contributed by atoms with van der Waals surface area (Å²) >= 11 is 3.45. The first kappa shape index (κ1) is 16.2. The standard InChI is InChI=1S/C15H23BrN2O/c1-10(2)14(9-18(4)5)17-15(19)12-6-7-13(16)11(3)8-12/h6-8,10,14H,9H2,1-5H3,(H,17,19). The smallest absolute Gasteiger partial charge is 0.251 e. The highest BCUT2D eigenvalue weighted by atomic mass is 79.9. The second-order valence-electron chi connectivity index (χ2n) is 5.55. The van der Waals surface area contributed by atoms with E-state index in [1.807, 2.05) is 39.2 Å². The van der Waals surface area contributed by atoms with Crippen LogP contribution in [0.2, 0.25) is 0 Å². The minimum absolute atomic E-state index is 0.00356. The van der Waals surface area contributed by atoms with E-state index >= 15 is 0 Å². The Hall–Kier alpha value is -0.870. The van der Waals surface area contributed by atoms with Gasteiger partial charge in [0.15, 0.2) is 0 Å². The van der Waals surface area contributed by atoms with Crippen molar-refractivity contribution < 1.29 is 4.79 Å². The molecule has 0 fully saturated rings. The number of amides is 1. The summed E-state index contributed by atoms with van der Waals surface area (Å²) in [4.78, 5) is 14.4. The molecule has 4 heteroatoms. The number of hydrogen-bond donors (Lipinski definition) is 1. The Kier molecular flexibility index (Phi) is 6.01. The number of rotatable bonds is 5. The van der Waals surface area contributed by atoms with Gasteiger partial charge in [-0.2, -0.15) is 0 Å². The van der Waals surface area contributed by atoms with E-state index < -0.39 is 0 Å². The van der Waals surface area contributed by atoms with Crippen LogP contribution in [0.25, 0.3) is 0 Å². The van der Waals surface area contributed by atoms with Gasteiger partial charge in [0.2, 0.25) is 0 Å². The molecular weight excluding hydrogens is 304 g/mol. The maximum Gasteiger partial charge on any atom is 0.251 e. The van der Waals surface area contributed by atoms with Gasteiger partial charge in [0.25, 0.3) is 5.91 Å². The molecule has 0 saturated heterocycles. The van der Waals surface area contributed by atoms with Gasteiger partial charge in [0.1, 0.15) is 0 Å². The lowest BCUT2D eigenvalue weighted by atomic mass is 10.0. The molecule has 1 amide bonds. The fourth-order valence-corrected chi connectivity index (χ4v) is 2.10. The topological polar surface area (TPSA) is 32.3 Å². The number of carbonyl (C=O) groups excluding carboxylic acids is 1. The van der Waals surface area contributed by atoms with Gasteiger partial charge in [-0.05, 0) is 50.7 Å². The fraction of sp³-hybridized carbons (Fsp3) is 0.533.